The summed E-state index contributed by atoms with van der Waals surface area (Å²) in [5, 5.41) is 1.47. The van der Waals surface area contributed by atoms with Crippen molar-refractivity contribution in [2.24, 2.45) is 0 Å². The van der Waals surface area contributed by atoms with Crippen molar-refractivity contribution >= 4 is 37.6 Å². The van der Waals surface area contributed by atoms with Crippen molar-refractivity contribution in [1.29, 1.82) is 0 Å². The molecule has 0 saturated carbocycles. The van der Waals surface area contributed by atoms with Gasteiger partial charge in [0, 0.05) is 22.9 Å². The van der Waals surface area contributed by atoms with Gasteiger partial charge in [-0.05, 0) is 49.9 Å². The van der Waals surface area contributed by atoms with Crippen LogP contribution in [0.15, 0.2) is 29.2 Å². The molecule has 2 rings (SSSR count). The molecule has 0 radical (unpaired) electrons. The molecular formula is C13H17BrClNO2S. The number of benzene rings is 1. The SMILES string of the molecule is O=S(=O)(c1ccc(Cl)cc1)N1CCCC1CCCBr. The first-order valence-corrected chi connectivity index (χ1v) is 9.33. The highest BCUT2D eigenvalue weighted by Gasteiger charge is 2.34. The summed E-state index contributed by atoms with van der Waals surface area (Å²) in [5.74, 6) is 0. The van der Waals surface area contributed by atoms with Crippen molar-refractivity contribution in [2.75, 3.05) is 11.9 Å². The van der Waals surface area contributed by atoms with Crippen molar-refractivity contribution in [1.82, 2.24) is 4.31 Å². The van der Waals surface area contributed by atoms with Gasteiger partial charge in [0.15, 0.2) is 0 Å². The molecule has 106 valence electrons. The zero-order valence-electron chi connectivity index (χ0n) is 10.6. The predicted octanol–water partition coefficient (Wildman–Crippen LogP) is 3.67. The van der Waals surface area contributed by atoms with E-state index in [0.29, 0.717) is 16.5 Å². The van der Waals surface area contributed by atoms with Gasteiger partial charge in [-0.25, -0.2) is 8.42 Å². The molecule has 0 bridgehead atoms. The molecule has 1 saturated heterocycles. The lowest BCUT2D eigenvalue weighted by molar-refractivity contribution is 0.369. The van der Waals surface area contributed by atoms with Gasteiger partial charge in [-0.3, -0.25) is 0 Å². The van der Waals surface area contributed by atoms with Crippen LogP contribution in [0.5, 0.6) is 0 Å². The highest BCUT2D eigenvalue weighted by Crippen LogP contribution is 2.29. The third-order valence-electron chi connectivity index (χ3n) is 3.41. The molecule has 1 atom stereocenters. The molecule has 0 spiro atoms. The molecule has 6 heteroatoms. The number of hydrogen-bond donors (Lipinski definition) is 0. The van der Waals surface area contributed by atoms with E-state index >= 15 is 0 Å². The van der Waals surface area contributed by atoms with Crippen LogP contribution in [0.25, 0.3) is 0 Å². The van der Waals surface area contributed by atoms with Crippen molar-refractivity contribution < 1.29 is 8.42 Å². The molecule has 0 aliphatic carbocycles. The van der Waals surface area contributed by atoms with Gasteiger partial charge in [0.05, 0.1) is 4.90 Å². The minimum atomic E-state index is -3.38. The van der Waals surface area contributed by atoms with E-state index in [2.05, 4.69) is 15.9 Å². The monoisotopic (exact) mass is 365 g/mol. The molecule has 1 unspecified atom stereocenters. The molecule has 1 aliphatic heterocycles. The van der Waals surface area contributed by atoms with Crippen LogP contribution >= 0.6 is 27.5 Å². The first-order valence-electron chi connectivity index (χ1n) is 6.39. The number of alkyl halides is 1. The minimum absolute atomic E-state index is 0.137. The average Bonchev–Trinajstić information content (AvgIpc) is 2.86. The molecule has 19 heavy (non-hydrogen) atoms. The van der Waals surface area contributed by atoms with Crippen LogP contribution < -0.4 is 0 Å². The quantitative estimate of drug-likeness (QED) is 0.746. The topological polar surface area (TPSA) is 37.4 Å². The van der Waals surface area contributed by atoms with E-state index < -0.39 is 10.0 Å². The van der Waals surface area contributed by atoms with Gasteiger partial charge in [-0.1, -0.05) is 27.5 Å². The van der Waals surface area contributed by atoms with Crippen LogP contribution in [0.3, 0.4) is 0 Å². The summed E-state index contributed by atoms with van der Waals surface area (Å²) in [6.07, 6.45) is 3.81. The van der Waals surface area contributed by atoms with Gasteiger partial charge in [-0.2, -0.15) is 4.31 Å². The van der Waals surface area contributed by atoms with Gasteiger partial charge >= 0.3 is 0 Å². The van der Waals surface area contributed by atoms with Gasteiger partial charge < -0.3 is 0 Å². The molecule has 1 fully saturated rings. The van der Waals surface area contributed by atoms with Crippen molar-refractivity contribution in [3.8, 4) is 0 Å². The van der Waals surface area contributed by atoms with Gasteiger partial charge in [0.2, 0.25) is 10.0 Å². The van der Waals surface area contributed by atoms with E-state index in [4.69, 9.17) is 11.6 Å². The van der Waals surface area contributed by atoms with Crippen molar-refractivity contribution in [3.63, 3.8) is 0 Å². The Bertz CT molecular complexity index is 518. The lowest BCUT2D eigenvalue weighted by Crippen LogP contribution is -2.35. The maximum absolute atomic E-state index is 12.6. The van der Waals surface area contributed by atoms with Crippen LogP contribution in [0.4, 0.5) is 0 Å². The summed E-state index contributed by atoms with van der Waals surface area (Å²) in [4.78, 5) is 0.336. The first-order chi connectivity index (χ1) is 9.05. The predicted molar refractivity (Wildman–Crippen MR) is 81.4 cm³/mol. The van der Waals surface area contributed by atoms with E-state index in [-0.39, 0.29) is 6.04 Å². The summed E-state index contributed by atoms with van der Waals surface area (Å²) in [6, 6.07) is 6.55. The van der Waals surface area contributed by atoms with Crippen LogP contribution in [-0.2, 0) is 10.0 Å². The van der Waals surface area contributed by atoms with Crippen LogP contribution in [-0.4, -0.2) is 30.6 Å². The van der Waals surface area contributed by atoms with Crippen molar-refractivity contribution in [2.45, 2.75) is 36.6 Å². The number of halogens is 2. The minimum Gasteiger partial charge on any atom is -0.207 e. The largest absolute Gasteiger partial charge is 0.243 e. The van der Waals surface area contributed by atoms with E-state index in [0.717, 1.165) is 31.0 Å². The lowest BCUT2D eigenvalue weighted by atomic mass is 10.1. The Labute approximate surface area is 128 Å². The van der Waals surface area contributed by atoms with Crippen molar-refractivity contribution in [3.05, 3.63) is 29.3 Å². The molecule has 1 aliphatic rings. The molecule has 0 amide bonds. The Morgan fingerprint density at radius 2 is 2.00 bits per heavy atom. The summed E-state index contributed by atoms with van der Waals surface area (Å²) in [7, 11) is -3.38. The maximum Gasteiger partial charge on any atom is 0.243 e. The smallest absolute Gasteiger partial charge is 0.207 e. The Kier molecular flexibility index (Phi) is 5.29. The molecule has 0 N–H and O–H groups in total. The van der Waals surface area contributed by atoms with E-state index in [1.54, 1.807) is 28.6 Å². The van der Waals surface area contributed by atoms with Gasteiger partial charge in [0.1, 0.15) is 0 Å². The molecular weight excluding hydrogens is 350 g/mol. The van der Waals surface area contributed by atoms with E-state index in [1.165, 1.54) is 0 Å². The number of sulfonamides is 1. The summed E-state index contributed by atoms with van der Waals surface area (Å²) in [6.45, 7) is 0.623. The standard InChI is InChI=1S/C13H17BrClNO2S/c14-9-1-3-12-4-2-10-16(12)19(17,18)13-7-5-11(15)6-8-13/h5-8,12H,1-4,9-10H2. The fraction of sp³-hybridized carbons (Fsp3) is 0.538. The second-order valence-electron chi connectivity index (χ2n) is 4.70. The third-order valence-corrected chi connectivity index (χ3v) is 6.19. The maximum atomic E-state index is 12.6. The molecule has 1 heterocycles. The number of hydrogen-bond acceptors (Lipinski definition) is 2. The Morgan fingerprint density at radius 1 is 1.32 bits per heavy atom. The Balaban J connectivity index is 2.21. The second kappa shape index (κ2) is 6.57. The first kappa shape index (κ1) is 15.3. The fourth-order valence-electron chi connectivity index (χ4n) is 2.47. The summed E-state index contributed by atoms with van der Waals surface area (Å²) in [5.41, 5.74) is 0. The van der Waals surface area contributed by atoms with Gasteiger partial charge in [-0.15, -0.1) is 0 Å². The Hall–Kier alpha value is -0.100. The summed E-state index contributed by atoms with van der Waals surface area (Å²) >= 11 is 9.20. The second-order valence-corrected chi connectivity index (χ2v) is 7.82. The van der Waals surface area contributed by atoms with E-state index in [1.807, 2.05) is 0 Å². The highest BCUT2D eigenvalue weighted by molar-refractivity contribution is 9.09. The van der Waals surface area contributed by atoms with Crippen LogP contribution in [0.2, 0.25) is 5.02 Å². The molecule has 1 aromatic carbocycles. The zero-order chi connectivity index (χ0) is 13.9. The van der Waals surface area contributed by atoms with Crippen LogP contribution in [0, 0.1) is 0 Å². The molecule has 1 aromatic rings. The number of nitrogens with zero attached hydrogens (tertiary/aromatic N) is 1. The van der Waals surface area contributed by atoms with E-state index in [9.17, 15) is 8.42 Å². The number of rotatable bonds is 5. The lowest BCUT2D eigenvalue weighted by Gasteiger charge is -2.24. The average molecular weight is 367 g/mol. The Morgan fingerprint density at radius 3 is 2.63 bits per heavy atom. The third kappa shape index (κ3) is 3.51. The van der Waals surface area contributed by atoms with Gasteiger partial charge in [0.25, 0.3) is 0 Å². The normalized spacial score (nSPS) is 20.8. The summed E-state index contributed by atoms with van der Waals surface area (Å²) < 4.78 is 26.8. The van der Waals surface area contributed by atoms with Crippen LogP contribution in [0.1, 0.15) is 25.7 Å². The fourth-order valence-corrected chi connectivity index (χ4v) is 4.64. The highest BCUT2D eigenvalue weighted by atomic mass is 79.9. The molecule has 3 nitrogen and oxygen atoms in total. The molecule has 0 aromatic heterocycles. The zero-order valence-corrected chi connectivity index (χ0v) is 13.7.